The van der Waals surface area contributed by atoms with E-state index in [1.165, 1.54) is 0 Å². The summed E-state index contributed by atoms with van der Waals surface area (Å²) in [5.74, 6) is -52.8. The summed E-state index contributed by atoms with van der Waals surface area (Å²) in [5.41, 5.74) is 1.83. The van der Waals surface area contributed by atoms with Crippen molar-refractivity contribution in [2.75, 3.05) is 0 Å². The van der Waals surface area contributed by atoms with Gasteiger partial charge in [0.25, 0.3) is 0 Å². The van der Waals surface area contributed by atoms with E-state index in [4.69, 9.17) is 5.11 Å². The second-order valence-electron chi connectivity index (χ2n) is 6.68. The van der Waals surface area contributed by atoms with Crippen LogP contribution in [-0.2, 0) is 4.79 Å². The smallest absolute Gasteiger partial charge is 0.460 e. The van der Waals surface area contributed by atoms with E-state index in [0.29, 0.717) is 0 Å². The molecule has 0 atom stereocenters. The van der Waals surface area contributed by atoms with Crippen molar-refractivity contribution in [3.8, 4) is 11.4 Å². The minimum atomic E-state index is -8.47. The van der Waals surface area contributed by atoms with E-state index in [1.54, 1.807) is 12.4 Å². The molecule has 0 aliphatic heterocycles. The fourth-order valence-corrected chi connectivity index (χ4v) is 2.13. The third-order valence-electron chi connectivity index (χ3n) is 4.19. The number of hydrogen-bond donors (Lipinski definition) is 1. The minimum Gasteiger partial charge on any atom is -0.477 e. The van der Waals surface area contributed by atoms with E-state index in [2.05, 4.69) is 9.97 Å². The molecule has 37 heavy (non-hydrogen) atoms. The third-order valence-corrected chi connectivity index (χ3v) is 4.19. The van der Waals surface area contributed by atoms with Crippen LogP contribution in [-0.4, -0.2) is 62.8 Å². The van der Waals surface area contributed by atoms with E-state index in [-0.39, 0.29) is 0 Å². The Bertz CT molecular complexity index is 1020. The van der Waals surface area contributed by atoms with Gasteiger partial charge in [0, 0.05) is 12.4 Å². The Hall–Kier alpha value is -3.28. The second-order valence-corrected chi connectivity index (χ2v) is 6.68. The van der Waals surface area contributed by atoms with Crippen molar-refractivity contribution in [1.29, 1.82) is 0 Å². The number of hydrogen-bond acceptors (Lipinski definition) is 3. The molecule has 0 amide bonds. The van der Waals surface area contributed by atoms with Crippen LogP contribution >= 0.6 is 0 Å². The summed E-state index contributed by atoms with van der Waals surface area (Å²) in [6, 6.07) is 11.6. The van der Waals surface area contributed by atoms with Crippen LogP contribution in [0.3, 0.4) is 0 Å². The van der Waals surface area contributed by atoms with Crippen molar-refractivity contribution in [2.24, 2.45) is 0 Å². The first-order valence-corrected chi connectivity index (χ1v) is 8.80. The minimum absolute atomic E-state index is 0.915. The van der Waals surface area contributed by atoms with E-state index in [0.717, 1.165) is 11.4 Å². The standard InChI is InChI=1S/C10H8N2.C8HF15O2/c1-3-7-11-9(5-1)10-6-2-4-8-12-10;9-2(10,1(24)25)3(11,12)4(13,14)5(15,16)6(17,18)7(19,20)8(21,22)23/h1-8H;(H,24,25). The Balaban J connectivity index is 0.000000466. The van der Waals surface area contributed by atoms with Gasteiger partial charge in [0.15, 0.2) is 0 Å². The number of halogens is 15. The number of rotatable bonds is 7. The highest BCUT2D eigenvalue weighted by molar-refractivity contribution is 5.77. The maximum atomic E-state index is 12.8. The highest BCUT2D eigenvalue weighted by Crippen LogP contribution is 2.62. The van der Waals surface area contributed by atoms with Gasteiger partial charge in [-0.2, -0.15) is 65.9 Å². The first-order chi connectivity index (χ1) is 16.4. The maximum absolute atomic E-state index is 12.8. The maximum Gasteiger partial charge on any atom is 0.460 e. The Labute approximate surface area is 194 Å². The van der Waals surface area contributed by atoms with Gasteiger partial charge in [-0.05, 0) is 24.3 Å². The van der Waals surface area contributed by atoms with Gasteiger partial charge in [-0.15, -0.1) is 0 Å². The molecule has 2 heterocycles. The highest BCUT2D eigenvalue weighted by Gasteiger charge is 2.94. The molecule has 1 N–H and O–H groups in total. The Kier molecular flexibility index (Phi) is 8.48. The summed E-state index contributed by atoms with van der Waals surface area (Å²) >= 11 is 0. The van der Waals surface area contributed by atoms with E-state index in [9.17, 15) is 70.7 Å². The summed E-state index contributed by atoms with van der Waals surface area (Å²) in [7, 11) is 0. The molecule has 0 aliphatic carbocycles. The van der Waals surface area contributed by atoms with Gasteiger partial charge in [-0.1, -0.05) is 12.1 Å². The average molecular weight is 570 g/mol. The Morgan fingerprint density at radius 2 is 0.865 bits per heavy atom. The average Bonchev–Trinajstić information content (AvgIpc) is 2.79. The fourth-order valence-electron chi connectivity index (χ4n) is 2.13. The molecule has 2 aromatic heterocycles. The van der Waals surface area contributed by atoms with Crippen LogP contribution in [0, 0.1) is 0 Å². The molecular formula is C18H9F15N2O2. The van der Waals surface area contributed by atoms with Crippen LogP contribution in [0.25, 0.3) is 11.4 Å². The predicted molar refractivity (Wildman–Crippen MR) is 90.8 cm³/mol. The molecule has 2 rings (SSSR count). The molecule has 0 unspecified atom stereocenters. The molecule has 0 fully saturated rings. The van der Waals surface area contributed by atoms with Crippen molar-refractivity contribution < 1.29 is 75.8 Å². The molecule has 208 valence electrons. The van der Waals surface area contributed by atoms with E-state index < -0.39 is 47.7 Å². The number of carboxylic acids is 1. The largest absolute Gasteiger partial charge is 0.477 e. The van der Waals surface area contributed by atoms with Crippen molar-refractivity contribution in [1.82, 2.24) is 9.97 Å². The van der Waals surface area contributed by atoms with Crippen LogP contribution < -0.4 is 0 Å². The van der Waals surface area contributed by atoms with Crippen molar-refractivity contribution in [3.63, 3.8) is 0 Å². The molecule has 0 aromatic carbocycles. The van der Waals surface area contributed by atoms with Crippen molar-refractivity contribution >= 4 is 5.97 Å². The van der Waals surface area contributed by atoms with E-state index >= 15 is 0 Å². The van der Waals surface area contributed by atoms with Gasteiger partial charge in [0.05, 0.1) is 11.4 Å². The molecular weight excluding hydrogens is 561 g/mol. The first kappa shape index (κ1) is 31.7. The van der Waals surface area contributed by atoms with Crippen LogP contribution in [0.4, 0.5) is 65.9 Å². The number of pyridine rings is 2. The lowest BCUT2D eigenvalue weighted by molar-refractivity contribution is -0.450. The van der Waals surface area contributed by atoms with Gasteiger partial charge in [-0.25, -0.2) is 4.79 Å². The van der Waals surface area contributed by atoms with Gasteiger partial charge >= 0.3 is 47.7 Å². The van der Waals surface area contributed by atoms with Crippen molar-refractivity contribution in [2.45, 2.75) is 41.7 Å². The number of carboxylic acid groups (broad SMARTS) is 1. The second kappa shape index (κ2) is 9.88. The lowest BCUT2D eigenvalue weighted by Gasteiger charge is -2.40. The Morgan fingerprint density at radius 1 is 0.541 bits per heavy atom. The predicted octanol–water partition coefficient (Wildman–Crippen LogP) is 6.59. The zero-order chi connectivity index (χ0) is 29.3. The van der Waals surface area contributed by atoms with Gasteiger partial charge in [-0.3, -0.25) is 9.97 Å². The molecule has 0 radical (unpaired) electrons. The molecule has 0 spiro atoms. The number of carbonyl (C=O) groups is 1. The molecule has 2 aromatic rings. The molecule has 0 bridgehead atoms. The van der Waals surface area contributed by atoms with Crippen LogP contribution in [0.1, 0.15) is 0 Å². The zero-order valence-electron chi connectivity index (χ0n) is 17.0. The SMILES string of the molecule is O=C(O)C(F)(F)C(F)(F)C(F)(F)C(F)(F)C(F)(F)C(F)(F)C(F)(F)F.c1ccc(-c2ccccn2)nc1. The van der Waals surface area contributed by atoms with Gasteiger partial charge < -0.3 is 5.11 Å². The fraction of sp³-hybridized carbons (Fsp3) is 0.389. The molecule has 0 saturated heterocycles. The summed E-state index contributed by atoms with van der Waals surface area (Å²) in [6.45, 7) is 0. The van der Waals surface area contributed by atoms with Crippen LogP contribution in [0.2, 0.25) is 0 Å². The topological polar surface area (TPSA) is 63.1 Å². The van der Waals surface area contributed by atoms with Gasteiger partial charge in [0.2, 0.25) is 0 Å². The zero-order valence-corrected chi connectivity index (χ0v) is 17.0. The molecule has 19 heteroatoms. The molecule has 0 aliphatic rings. The first-order valence-electron chi connectivity index (χ1n) is 8.80. The number of nitrogens with zero attached hydrogens (tertiary/aromatic N) is 2. The number of aliphatic carboxylic acids is 1. The summed E-state index contributed by atoms with van der Waals surface area (Å²) in [6.07, 6.45) is -4.16. The van der Waals surface area contributed by atoms with Crippen molar-refractivity contribution in [3.05, 3.63) is 48.8 Å². The monoisotopic (exact) mass is 570 g/mol. The highest BCUT2D eigenvalue weighted by atomic mass is 19.4. The Morgan fingerprint density at radius 3 is 1.14 bits per heavy atom. The molecule has 0 saturated carbocycles. The van der Waals surface area contributed by atoms with Crippen LogP contribution in [0.15, 0.2) is 48.8 Å². The number of aromatic nitrogens is 2. The number of alkyl halides is 15. The lowest BCUT2D eigenvalue weighted by Crippen LogP contribution is -2.73. The normalized spacial score (nSPS) is 14.0. The summed E-state index contributed by atoms with van der Waals surface area (Å²) in [4.78, 5) is 18.1. The summed E-state index contributed by atoms with van der Waals surface area (Å²) in [5, 5.41) is 7.57. The summed E-state index contributed by atoms with van der Waals surface area (Å²) < 4.78 is 187. The quantitative estimate of drug-likeness (QED) is 0.382. The lowest BCUT2D eigenvalue weighted by atomic mass is 9.91. The van der Waals surface area contributed by atoms with Gasteiger partial charge in [0.1, 0.15) is 0 Å². The third kappa shape index (κ3) is 5.25. The van der Waals surface area contributed by atoms with E-state index in [1.807, 2.05) is 36.4 Å². The molecule has 4 nitrogen and oxygen atoms in total. The van der Waals surface area contributed by atoms with Crippen LogP contribution in [0.5, 0.6) is 0 Å².